The van der Waals surface area contributed by atoms with Gasteiger partial charge in [0, 0.05) is 6.20 Å². The monoisotopic (exact) mass is 279 g/mol. The second-order valence-electron chi connectivity index (χ2n) is 3.59. The summed E-state index contributed by atoms with van der Waals surface area (Å²) in [6.45, 7) is 3.10. The van der Waals surface area contributed by atoms with Gasteiger partial charge in [-0.25, -0.2) is 27.0 Å². The highest BCUT2D eigenvalue weighted by Gasteiger charge is 2.22. The molecule has 0 radical (unpaired) electrons. The van der Waals surface area contributed by atoms with Crippen LogP contribution in [0.15, 0.2) is 11.2 Å². The van der Waals surface area contributed by atoms with Gasteiger partial charge in [0.05, 0.1) is 22.9 Å². The van der Waals surface area contributed by atoms with Gasteiger partial charge >= 0.3 is 0 Å². The van der Waals surface area contributed by atoms with Gasteiger partial charge in [-0.05, 0) is 13.8 Å². The van der Waals surface area contributed by atoms with Crippen LogP contribution in [0.3, 0.4) is 0 Å². The number of sulfonamides is 1. The lowest BCUT2D eigenvalue weighted by atomic mass is 10.4. The molecule has 0 bridgehead atoms. The number of aryl methyl sites for hydroxylation is 2. The fourth-order valence-electron chi connectivity index (χ4n) is 1.13. The largest absolute Gasteiger partial charge is 0.257 e. The molecule has 2 N–H and O–H groups in total. The van der Waals surface area contributed by atoms with Gasteiger partial charge in [-0.2, -0.15) is 0 Å². The second-order valence-corrected chi connectivity index (χ2v) is 7.35. The third kappa shape index (κ3) is 4.02. The van der Waals surface area contributed by atoms with Crippen molar-refractivity contribution in [3.8, 4) is 0 Å². The minimum Gasteiger partial charge on any atom is -0.257 e. The quantitative estimate of drug-likeness (QED) is 0.767. The molecule has 0 saturated heterocycles. The zero-order chi connectivity index (χ0) is 13.3. The molecule has 0 aliphatic carbocycles. The van der Waals surface area contributed by atoms with Crippen LogP contribution in [0.4, 0.5) is 0 Å². The number of hydrogen-bond acceptors (Lipinski definition) is 6. The van der Waals surface area contributed by atoms with E-state index in [0.717, 1.165) is 0 Å². The highest BCUT2D eigenvalue weighted by molar-refractivity contribution is 7.94. The summed E-state index contributed by atoms with van der Waals surface area (Å²) >= 11 is 0. The van der Waals surface area contributed by atoms with Crippen molar-refractivity contribution in [2.24, 2.45) is 5.14 Å². The van der Waals surface area contributed by atoms with Crippen molar-refractivity contribution in [1.82, 2.24) is 9.97 Å². The third-order valence-corrected chi connectivity index (χ3v) is 4.71. The Morgan fingerprint density at radius 1 is 1.18 bits per heavy atom. The number of hydrogen-bond donors (Lipinski definition) is 1. The maximum atomic E-state index is 11.8. The Morgan fingerprint density at radius 2 is 1.76 bits per heavy atom. The van der Waals surface area contributed by atoms with Gasteiger partial charge in [-0.1, -0.05) is 0 Å². The molecule has 0 amide bonds. The minimum atomic E-state index is -3.82. The summed E-state index contributed by atoms with van der Waals surface area (Å²) in [4.78, 5) is 7.73. The Hall–Kier alpha value is -1.06. The summed E-state index contributed by atoms with van der Waals surface area (Å²) in [6.07, 6.45) is 1.44. The lowest BCUT2D eigenvalue weighted by Gasteiger charge is -2.06. The van der Waals surface area contributed by atoms with Gasteiger partial charge in [0.2, 0.25) is 10.0 Å². The number of nitrogens with zero attached hydrogens (tertiary/aromatic N) is 2. The van der Waals surface area contributed by atoms with Gasteiger partial charge in [-0.3, -0.25) is 4.98 Å². The van der Waals surface area contributed by atoms with Crippen molar-refractivity contribution in [2.45, 2.75) is 18.9 Å². The summed E-state index contributed by atoms with van der Waals surface area (Å²) in [5, 5.41) is 4.57. The average Bonchev–Trinajstić information content (AvgIpc) is 2.18. The van der Waals surface area contributed by atoms with Gasteiger partial charge < -0.3 is 0 Å². The van der Waals surface area contributed by atoms with Crippen LogP contribution in [0.5, 0.6) is 0 Å². The fourth-order valence-corrected chi connectivity index (χ4v) is 3.92. The standard InChI is InChI=1S/C8H13N3O4S2/c1-6-5-10-7(2)8(11-6)16(12,13)3-4-17(9,14)15/h5H,3-4H2,1-2H3,(H2,9,14,15). The average molecular weight is 279 g/mol. The second kappa shape index (κ2) is 4.67. The summed E-state index contributed by atoms with van der Waals surface area (Å²) in [5.41, 5.74) is 0.690. The Labute approximate surface area is 100 Å². The van der Waals surface area contributed by atoms with Crippen LogP contribution in [0, 0.1) is 13.8 Å². The molecule has 0 unspecified atom stereocenters. The van der Waals surface area contributed by atoms with Crippen molar-refractivity contribution >= 4 is 19.9 Å². The fraction of sp³-hybridized carbons (Fsp3) is 0.500. The number of aromatic nitrogens is 2. The molecule has 0 spiro atoms. The molecule has 0 aromatic carbocycles. The minimum absolute atomic E-state index is 0.193. The number of sulfone groups is 1. The van der Waals surface area contributed by atoms with E-state index in [4.69, 9.17) is 5.14 Å². The Bertz CT molecular complexity index is 622. The van der Waals surface area contributed by atoms with Crippen molar-refractivity contribution in [3.05, 3.63) is 17.6 Å². The predicted octanol–water partition coefficient (Wildman–Crippen LogP) is -0.844. The molecule has 0 saturated carbocycles. The first kappa shape index (κ1) is 14.0. The molecule has 17 heavy (non-hydrogen) atoms. The van der Waals surface area contributed by atoms with Crippen molar-refractivity contribution < 1.29 is 16.8 Å². The number of primary sulfonamides is 1. The van der Waals surface area contributed by atoms with E-state index in [1.54, 1.807) is 6.92 Å². The van der Waals surface area contributed by atoms with Crippen LogP contribution in [0.2, 0.25) is 0 Å². The van der Waals surface area contributed by atoms with Gasteiger partial charge in [0.25, 0.3) is 0 Å². The summed E-state index contributed by atoms with van der Waals surface area (Å²) in [6, 6.07) is 0. The first-order chi connectivity index (χ1) is 7.62. The molecule has 7 nitrogen and oxygen atoms in total. The third-order valence-electron chi connectivity index (χ3n) is 1.96. The zero-order valence-electron chi connectivity index (χ0n) is 9.41. The highest BCUT2D eigenvalue weighted by Crippen LogP contribution is 2.12. The number of rotatable bonds is 4. The Morgan fingerprint density at radius 3 is 2.29 bits per heavy atom. The molecule has 9 heteroatoms. The predicted molar refractivity (Wildman–Crippen MR) is 61.5 cm³/mol. The summed E-state index contributed by atoms with van der Waals surface area (Å²) < 4.78 is 45.1. The highest BCUT2D eigenvalue weighted by atomic mass is 32.2. The molecule has 1 aromatic rings. The molecule has 0 aliphatic heterocycles. The van der Waals surface area contributed by atoms with Crippen LogP contribution in [-0.2, 0) is 19.9 Å². The van der Waals surface area contributed by atoms with Crippen molar-refractivity contribution in [1.29, 1.82) is 0 Å². The summed E-state index contributed by atoms with van der Waals surface area (Å²) in [5.74, 6) is -1.23. The van der Waals surface area contributed by atoms with Crippen LogP contribution < -0.4 is 5.14 Å². The Balaban J connectivity index is 3.10. The van der Waals surface area contributed by atoms with Crippen LogP contribution in [0.1, 0.15) is 11.4 Å². The lowest BCUT2D eigenvalue weighted by Crippen LogP contribution is -2.24. The molecule has 0 fully saturated rings. The van der Waals surface area contributed by atoms with E-state index in [2.05, 4.69) is 9.97 Å². The molecule has 0 aliphatic rings. The van der Waals surface area contributed by atoms with E-state index in [1.807, 2.05) is 0 Å². The van der Waals surface area contributed by atoms with E-state index >= 15 is 0 Å². The SMILES string of the molecule is Cc1cnc(C)c(S(=O)(=O)CCS(N)(=O)=O)n1. The van der Waals surface area contributed by atoms with Crippen molar-refractivity contribution in [3.63, 3.8) is 0 Å². The number of nitrogens with two attached hydrogens (primary N) is 1. The maximum Gasteiger partial charge on any atom is 0.210 e. The zero-order valence-corrected chi connectivity index (χ0v) is 11.0. The lowest BCUT2D eigenvalue weighted by molar-refractivity contribution is 0.584. The molecule has 1 rings (SSSR count). The molecule has 96 valence electrons. The van der Waals surface area contributed by atoms with E-state index in [1.165, 1.54) is 13.1 Å². The Kier molecular flexibility index (Phi) is 3.84. The van der Waals surface area contributed by atoms with Crippen LogP contribution >= 0.6 is 0 Å². The molecule has 1 heterocycles. The van der Waals surface area contributed by atoms with Gasteiger partial charge in [0.15, 0.2) is 14.9 Å². The summed E-state index contributed by atoms with van der Waals surface area (Å²) in [7, 11) is -7.60. The van der Waals surface area contributed by atoms with Crippen LogP contribution in [0.25, 0.3) is 0 Å². The normalized spacial score (nSPS) is 12.6. The first-order valence-corrected chi connectivity index (χ1v) is 8.02. The maximum absolute atomic E-state index is 11.8. The van der Waals surface area contributed by atoms with E-state index in [-0.39, 0.29) is 10.7 Å². The van der Waals surface area contributed by atoms with Crippen LogP contribution in [-0.4, -0.2) is 38.3 Å². The van der Waals surface area contributed by atoms with Gasteiger partial charge in [-0.15, -0.1) is 0 Å². The molecule has 0 atom stereocenters. The van der Waals surface area contributed by atoms with E-state index < -0.39 is 31.4 Å². The van der Waals surface area contributed by atoms with E-state index in [9.17, 15) is 16.8 Å². The van der Waals surface area contributed by atoms with E-state index in [0.29, 0.717) is 5.69 Å². The van der Waals surface area contributed by atoms with Gasteiger partial charge in [0.1, 0.15) is 0 Å². The van der Waals surface area contributed by atoms with Crippen molar-refractivity contribution in [2.75, 3.05) is 11.5 Å². The first-order valence-electron chi connectivity index (χ1n) is 4.65. The molecular weight excluding hydrogens is 266 g/mol. The topological polar surface area (TPSA) is 120 Å². The smallest absolute Gasteiger partial charge is 0.210 e. The molecular formula is C8H13N3O4S2. The molecule has 1 aromatic heterocycles.